The fourth-order valence-corrected chi connectivity index (χ4v) is 2.43. The van der Waals surface area contributed by atoms with Gasteiger partial charge in [-0.3, -0.25) is 4.79 Å². The number of ether oxygens (including phenoxy) is 1. The molecule has 1 saturated carbocycles. The molecule has 1 unspecified atom stereocenters. The molecular formula is C13H22N2O4. The molecule has 1 N–H and O–H groups in total. The van der Waals surface area contributed by atoms with Gasteiger partial charge in [-0.05, 0) is 25.7 Å². The molecule has 2 aliphatic rings. The maximum atomic E-state index is 12.3. The van der Waals surface area contributed by atoms with Crippen molar-refractivity contribution in [1.82, 2.24) is 9.80 Å². The number of nitrogens with zero attached hydrogens (tertiary/aromatic N) is 2. The molecule has 1 aliphatic carbocycles. The minimum atomic E-state index is -0.861. The molecule has 6 heteroatoms. The highest BCUT2D eigenvalue weighted by Crippen LogP contribution is 2.28. The lowest BCUT2D eigenvalue weighted by atomic mass is 10.2. The first kappa shape index (κ1) is 14.1. The van der Waals surface area contributed by atoms with Gasteiger partial charge in [0.05, 0.1) is 12.5 Å². The van der Waals surface area contributed by atoms with Crippen molar-refractivity contribution < 1.29 is 19.4 Å². The number of carbonyl (C=O) groups excluding carboxylic acids is 1. The predicted octanol–water partition coefficient (Wildman–Crippen LogP) is 1.16. The summed E-state index contributed by atoms with van der Waals surface area (Å²) in [7, 11) is 1.76. The van der Waals surface area contributed by atoms with Gasteiger partial charge in [0.2, 0.25) is 0 Å². The van der Waals surface area contributed by atoms with Crippen molar-refractivity contribution in [3.8, 4) is 0 Å². The largest absolute Gasteiger partial charge is 0.481 e. The van der Waals surface area contributed by atoms with Crippen molar-refractivity contribution in [2.45, 2.75) is 44.2 Å². The summed E-state index contributed by atoms with van der Waals surface area (Å²) in [6.07, 6.45) is 4.16. The van der Waals surface area contributed by atoms with Gasteiger partial charge < -0.3 is 19.6 Å². The van der Waals surface area contributed by atoms with E-state index in [2.05, 4.69) is 0 Å². The van der Waals surface area contributed by atoms with Gasteiger partial charge in [0, 0.05) is 32.8 Å². The molecule has 2 fully saturated rings. The molecule has 0 spiro atoms. The van der Waals surface area contributed by atoms with Gasteiger partial charge in [-0.25, -0.2) is 4.79 Å². The van der Waals surface area contributed by atoms with Crippen LogP contribution in [0.2, 0.25) is 0 Å². The van der Waals surface area contributed by atoms with Crippen molar-refractivity contribution in [2.24, 2.45) is 0 Å². The molecule has 0 aromatic rings. The van der Waals surface area contributed by atoms with E-state index in [9.17, 15) is 9.59 Å². The molecule has 6 nitrogen and oxygen atoms in total. The Labute approximate surface area is 113 Å². The number of carboxylic acid groups (broad SMARTS) is 1. The molecule has 1 aliphatic heterocycles. The van der Waals surface area contributed by atoms with E-state index in [1.54, 1.807) is 16.8 Å². The molecule has 19 heavy (non-hydrogen) atoms. The Kier molecular flexibility index (Phi) is 4.63. The summed E-state index contributed by atoms with van der Waals surface area (Å²) in [4.78, 5) is 26.3. The van der Waals surface area contributed by atoms with Crippen molar-refractivity contribution in [3.63, 3.8) is 0 Å². The van der Waals surface area contributed by atoms with E-state index in [0.29, 0.717) is 13.1 Å². The van der Waals surface area contributed by atoms with Crippen molar-refractivity contribution in [1.29, 1.82) is 0 Å². The van der Waals surface area contributed by atoms with Gasteiger partial charge in [-0.15, -0.1) is 0 Å². The standard InChI is InChI=1S/C13H22N2O4/c1-14(9-11-3-2-8-19-11)13(18)15(10-4-5-10)7-6-12(16)17/h10-11H,2-9H2,1H3,(H,16,17). The highest BCUT2D eigenvalue weighted by molar-refractivity contribution is 5.76. The predicted molar refractivity (Wildman–Crippen MR) is 69.0 cm³/mol. The number of amides is 2. The summed E-state index contributed by atoms with van der Waals surface area (Å²) in [6.45, 7) is 1.67. The highest BCUT2D eigenvalue weighted by Gasteiger charge is 2.34. The zero-order valence-electron chi connectivity index (χ0n) is 11.4. The van der Waals surface area contributed by atoms with Crippen LogP contribution in [-0.2, 0) is 9.53 Å². The van der Waals surface area contributed by atoms with E-state index in [0.717, 1.165) is 32.3 Å². The van der Waals surface area contributed by atoms with Crippen molar-refractivity contribution >= 4 is 12.0 Å². The normalized spacial score (nSPS) is 22.3. The number of likely N-dealkylation sites (N-methyl/N-ethyl adjacent to an activating group) is 1. The summed E-state index contributed by atoms with van der Waals surface area (Å²) < 4.78 is 5.52. The van der Waals surface area contributed by atoms with Gasteiger partial charge in [-0.2, -0.15) is 0 Å². The average molecular weight is 270 g/mol. The van der Waals surface area contributed by atoms with Crippen molar-refractivity contribution in [3.05, 3.63) is 0 Å². The SMILES string of the molecule is CN(CC1CCCO1)C(=O)N(CCC(=O)O)C1CC1. The van der Waals surface area contributed by atoms with Gasteiger partial charge in [0.15, 0.2) is 0 Å². The Morgan fingerprint density at radius 3 is 2.58 bits per heavy atom. The third-order valence-corrected chi connectivity index (χ3v) is 3.63. The molecule has 0 aromatic carbocycles. The van der Waals surface area contributed by atoms with Crippen LogP contribution in [0.3, 0.4) is 0 Å². The molecule has 1 heterocycles. The van der Waals surface area contributed by atoms with Crippen LogP contribution in [0.4, 0.5) is 4.79 Å². The number of rotatable bonds is 6. The van der Waals surface area contributed by atoms with Gasteiger partial charge in [0.1, 0.15) is 0 Å². The molecule has 2 amide bonds. The van der Waals surface area contributed by atoms with E-state index in [-0.39, 0.29) is 24.6 Å². The van der Waals surface area contributed by atoms with E-state index in [1.165, 1.54) is 0 Å². The molecule has 0 radical (unpaired) electrons. The van der Waals surface area contributed by atoms with E-state index >= 15 is 0 Å². The maximum Gasteiger partial charge on any atom is 0.320 e. The first-order valence-corrected chi connectivity index (χ1v) is 6.93. The minimum Gasteiger partial charge on any atom is -0.481 e. The van der Waals surface area contributed by atoms with E-state index in [4.69, 9.17) is 9.84 Å². The molecule has 1 atom stereocenters. The van der Waals surface area contributed by atoms with Crippen LogP contribution in [0.5, 0.6) is 0 Å². The molecule has 0 bridgehead atoms. The third kappa shape index (κ3) is 4.09. The fourth-order valence-electron chi connectivity index (χ4n) is 2.43. The second kappa shape index (κ2) is 6.23. The number of aliphatic carboxylic acids is 1. The van der Waals surface area contributed by atoms with E-state index < -0.39 is 5.97 Å². The number of hydrogen-bond acceptors (Lipinski definition) is 3. The van der Waals surface area contributed by atoms with Crippen molar-refractivity contribution in [2.75, 3.05) is 26.7 Å². The lowest BCUT2D eigenvalue weighted by Crippen LogP contribution is -2.45. The lowest BCUT2D eigenvalue weighted by Gasteiger charge is -2.29. The highest BCUT2D eigenvalue weighted by atomic mass is 16.5. The van der Waals surface area contributed by atoms with E-state index in [1.807, 2.05) is 0 Å². The first-order valence-electron chi connectivity index (χ1n) is 6.93. The van der Waals surface area contributed by atoms with Crippen LogP contribution in [0.1, 0.15) is 32.1 Å². The Balaban J connectivity index is 1.84. The second-order valence-electron chi connectivity index (χ2n) is 5.37. The molecule has 1 saturated heterocycles. The summed E-state index contributed by atoms with van der Waals surface area (Å²) in [5.41, 5.74) is 0. The minimum absolute atomic E-state index is 0.00993. The molecule has 0 aromatic heterocycles. The van der Waals surface area contributed by atoms with Gasteiger partial charge in [-0.1, -0.05) is 0 Å². The smallest absolute Gasteiger partial charge is 0.320 e. The molecule has 2 rings (SSSR count). The number of carboxylic acids is 1. The zero-order valence-corrected chi connectivity index (χ0v) is 11.4. The topological polar surface area (TPSA) is 70.1 Å². The number of carbonyl (C=O) groups is 2. The van der Waals surface area contributed by atoms with Crippen LogP contribution in [0.15, 0.2) is 0 Å². The average Bonchev–Trinajstić information content (AvgIpc) is 3.06. The van der Waals surface area contributed by atoms with Gasteiger partial charge in [0.25, 0.3) is 0 Å². The molecule has 108 valence electrons. The zero-order chi connectivity index (χ0) is 13.8. The summed E-state index contributed by atoms with van der Waals surface area (Å²) in [5.74, 6) is -0.861. The Morgan fingerprint density at radius 2 is 2.05 bits per heavy atom. The first-order chi connectivity index (χ1) is 9.08. The maximum absolute atomic E-state index is 12.3. The fraction of sp³-hybridized carbons (Fsp3) is 0.846. The van der Waals surface area contributed by atoms with Crippen LogP contribution < -0.4 is 0 Å². The third-order valence-electron chi connectivity index (χ3n) is 3.63. The second-order valence-corrected chi connectivity index (χ2v) is 5.37. The van der Waals surface area contributed by atoms with Crippen LogP contribution in [-0.4, -0.2) is 65.8 Å². The Morgan fingerprint density at radius 1 is 1.32 bits per heavy atom. The monoisotopic (exact) mass is 270 g/mol. The Hall–Kier alpha value is -1.30. The summed E-state index contributed by atoms with van der Waals surface area (Å²) in [5, 5.41) is 8.74. The van der Waals surface area contributed by atoms with Gasteiger partial charge >= 0.3 is 12.0 Å². The summed E-state index contributed by atoms with van der Waals surface area (Å²) >= 11 is 0. The van der Waals surface area contributed by atoms with Crippen LogP contribution in [0, 0.1) is 0 Å². The number of urea groups is 1. The van der Waals surface area contributed by atoms with Crippen LogP contribution in [0.25, 0.3) is 0 Å². The summed E-state index contributed by atoms with van der Waals surface area (Å²) in [6, 6.07) is 0.165. The van der Waals surface area contributed by atoms with Crippen LogP contribution >= 0.6 is 0 Å². The quantitative estimate of drug-likeness (QED) is 0.786. The Bertz CT molecular complexity index is 338. The molecular weight excluding hydrogens is 248 g/mol. The lowest BCUT2D eigenvalue weighted by molar-refractivity contribution is -0.137. The number of hydrogen-bond donors (Lipinski definition) is 1.